The third-order valence-electron chi connectivity index (χ3n) is 7.02. The molecule has 1 aromatic carbocycles. The molecule has 0 bridgehead atoms. The SMILES string of the molecule is CC1(C)Oc2ccc(Br)cc2[C@@H](N2CCN(CCO[Si](C)(C)C(C)(C)C)CC2=O)[C@@H]1O. The molecule has 0 spiro atoms. The Kier molecular flexibility index (Phi) is 7.00. The van der Waals surface area contributed by atoms with E-state index in [-0.39, 0.29) is 10.9 Å². The second-order valence-electron chi connectivity index (χ2n) is 10.7. The summed E-state index contributed by atoms with van der Waals surface area (Å²) in [5.41, 5.74) is 0.0733. The Morgan fingerprint density at radius 2 is 1.97 bits per heavy atom. The average molecular weight is 514 g/mol. The Labute approximate surface area is 196 Å². The Morgan fingerprint density at radius 3 is 2.58 bits per heavy atom. The van der Waals surface area contributed by atoms with Crippen molar-refractivity contribution in [2.45, 2.75) is 70.5 Å². The van der Waals surface area contributed by atoms with Crippen LogP contribution in [0.25, 0.3) is 0 Å². The molecule has 31 heavy (non-hydrogen) atoms. The zero-order chi connectivity index (χ0) is 23.2. The van der Waals surface area contributed by atoms with Gasteiger partial charge in [0.25, 0.3) is 0 Å². The molecule has 1 amide bonds. The molecule has 0 radical (unpaired) electrons. The summed E-state index contributed by atoms with van der Waals surface area (Å²) in [6.45, 7) is 18.0. The van der Waals surface area contributed by atoms with Gasteiger partial charge < -0.3 is 19.2 Å². The predicted octanol–water partition coefficient (Wildman–Crippen LogP) is 4.19. The molecule has 6 nitrogen and oxygen atoms in total. The molecular formula is C23H37BrN2O4Si. The standard InChI is InChI=1S/C23H37BrN2O4Si/c1-22(2,3)31(6,7)29-13-12-25-10-11-26(19(27)15-25)20-17-14-16(24)8-9-18(17)30-23(4,5)21(20)28/h8-9,14,20-21,28H,10-13,15H2,1-7H3/t20-,21+/m1/s1. The fourth-order valence-electron chi connectivity index (χ4n) is 3.94. The Hall–Kier alpha value is -0.933. The van der Waals surface area contributed by atoms with Crippen LogP contribution in [0.1, 0.15) is 46.2 Å². The van der Waals surface area contributed by atoms with E-state index < -0.39 is 26.1 Å². The minimum atomic E-state index is -1.79. The van der Waals surface area contributed by atoms with Crippen LogP contribution in [0.5, 0.6) is 5.75 Å². The summed E-state index contributed by atoms with van der Waals surface area (Å²) < 4.78 is 13.2. The number of aliphatic hydroxyl groups excluding tert-OH is 1. The van der Waals surface area contributed by atoms with Crippen LogP contribution in [0.2, 0.25) is 18.1 Å². The van der Waals surface area contributed by atoms with E-state index in [0.29, 0.717) is 19.7 Å². The van der Waals surface area contributed by atoms with Crippen LogP contribution in [0.4, 0.5) is 0 Å². The number of benzene rings is 1. The minimum Gasteiger partial charge on any atom is -0.485 e. The highest BCUT2D eigenvalue weighted by Gasteiger charge is 2.47. The number of hydrogen-bond acceptors (Lipinski definition) is 5. The van der Waals surface area contributed by atoms with E-state index in [0.717, 1.165) is 28.9 Å². The van der Waals surface area contributed by atoms with Gasteiger partial charge in [-0.2, -0.15) is 0 Å². The topological polar surface area (TPSA) is 62.2 Å². The largest absolute Gasteiger partial charge is 0.485 e. The summed E-state index contributed by atoms with van der Waals surface area (Å²) in [6.07, 6.45) is -0.813. The van der Waals surface area contributed by atoms with Gasteiger partial charge in [0.15, 0.2) is 8.32 Å². The van der Waals surface area contributed by atoms with Crippen molar-refractivity contribution in [3.8, 4) is 5.75 Å². The van der Waals surface area contributed by atoms with Gasteiger partial charge in [-0.15, -0.1) is 0 Å². The van der Waals surface area contributed by atoms with Crippen molar-refractivity contribution in [3.05, 3.63) is 28.2 Å². The Bertz CT molecular complexity index is 824. The number of rotatable bonds is 5. The van der Waals surface area contributed by atoms with Crippen LogP contribution in [-0.2, 0) is 9.22 Å². The molecule has 174 valence electrons. The third kappa shape index (κ3) is 5.19. The maximum Gasteiger partial charge on any atom is 0.237 e. The van der Waals surface area contributed by atoms with Gasteiger partial charge in [0.05, 0.1) is 12.6 Å². The van der Waals surface area contributed by atoms with E-state index in [9.17, 15) is 9.90 Å². The molecule has 2 heterocycles. The quantitative estimate of drug-likeness (QED) is 0.599. The van der Waals surface area contributed by atoms with E-state index in [2.05, 4.69) is 54.7 Å². The van der Waals surface area contributed by atoms with E-state index >= 15 is 0 Å². The van der Waals surface area contributed by atoms with Gasteiger partial charge in [-0.3, -0.25) is 9.69 Å². The fraction of sp³-hybridized carbons (Fsp3) is 0.696. The smallest absolute Gasteiger partial charge is 0.237 e. The van der Waals surface area contributed by atoms with E-state index in [1.807, 2.05) is 36.9 Å². The molecule has 0 unspecified atom stereocenters. The average Bonchev–Trinajstić information content (AvgIpc) is 2.63. The van der Waals surface area contributed by atoms with Crippen molar-refractivity contribution >= 4 is 30.2 Å². The summed E-state index contributed by atoms with van der Waals surface area (Å²) in [4.78, 5) is 17.1. The van der Waals surface area contributed by atoms with Gasteiger partial charge in [0.1, 0.15) is 17.5 Å². The lowest BCUT2D eigenvalue weighted by Crippen LogP contribution is -2.59. The molecule has 0 aromatic heterocycles. The first kappa shape index (κ1) is 24.7. The van der Waals surface area contributed by atoms with Crippen LogP contribution in [0, 0.1) is 0 Å². The van der Waals surface area contributed by atoms with Gasteiger partial charge >= 0.3 is 0 Å². The number of carbonyl (C=O) groups excluding carboxylic acids is 1. The summed E-state index contributed by atoms with van der Waals surface area (Å²) in [5.74, 6) is 0.757. The fourth-order valence-corrected chi connectivity index (χ4v) is 5.36. The zero-order valence-electron chi connectivity index (χ0n) is 19.9. The third-order valence-corrected chi connectivity index (χ3v) is 12.1. The van der Waals surface area contributed by atoms with Gasteiger partial charge in [-0.25, -0.2) is 0 Å². The second kappa shape index (κ2) is 8.78. The van der Waals surface area contributed by atoms with Crippen LogP contribution >= 0.6 is 15.9 Å². The molecule has 3 rings (SSSR count). The summed E-state index contributed by atoms with van der Waals surface area (Å²) in [7, 11) is -1.79. The molecule has 1 saturated heterocycles. The maximum absolute atomic E-state index is 13.2. The van der Waals surface area contributed by atoms with E-state index in [4.69, 9.17) is 9.16 Å². The van der Waals surface area contributed by atoms with Gasteiger partial charge in [0.2, 0.25) is 5.91 Å². The van der Waals surface area contributed by atoms with Gasteiger partial charge in [-0.1, -0.05) is 36.7 Å². The molecule has 0 aliphatic carbocycles. The predicted molar refractivity (Wildman–Crippen MR) is 129 cm³/mol. The summed E-state index contributed by atoms with van der Waals surface area (Å²) in [6, 6.07) is 5.35. The molecule has 1 N–H and O–H groups in total. The van der Waals surface area contributed by atoms with Crippen LogP contribution in [-0.4, -0.2) is 73.6 Å². The van der Waals surface area contributed by atoms with Gasteiger partial charge in [0, 0.05) is 36.3 Å². The zero-order valence-corrected chi connectivity index (χ0v) is 22.5. The number of fused-ring (bicyclic) bond motifs is 1. The normalized spacial score (nSPS) is 24.7. The number of hydrogen-bond donors (Lipinski definition) is 1. The molecule has 2 aliphatic rings. The highest BCUT2D eigenvalue weighted by atomic mass is 79.9. The summed E-state index contributed by atoms with van der Waals surface area (Å²) in [5, 5.41) is 11.3. The number of piperazine rings is 1. The van der Waals surface area contributed by atoms with Crippen molar-refractivity contribution < 1.29 is 19.1 Å². The number of halogens is 1. The Morgan fingerprint density at radius 1 is 1.29 bits per heavy atom. The number of carbonyl (C=O) groups is 1. The maximum atomic E-state index is 13.2. The molecular weight excluding hydrogens is 476 g/mol. The lowest BCUT2D eigenvalue weighted by Gasteiger charge is -2.48. The first-order valence-corrected chi connectivity index (χ1v) is 14.8. The van der Waals surface area contributed by atoms with Crippen molar-refractivity contribution in [2.75, 3.05) is 32.8 Å². The minimum absolute atomic E-state index is 0.0336. The second-order valence-corrected chi connectivity index (χ2v) is 16.5. The van der Waals surface area contributed by atoms with Gasteiger partial charge in [-0.05, 0) is 50.2 Å². The summed E-state index contributed by atoms with van der Waals surface area (Å²) >= 11 is 3.51. The molecule has 2 atom stereocenters. The van der Waals surface area contributed by atoms with E-state index in [1.54, 1.807) is 0 Å². The molecule has 2 aliphatic heterocycles. The van der Waals surface area contributed by atoms with Crippen LogP contribution < -0.4 is 4.74 Å². The van der Waals surface area contributed by atoms with E-state index in [1.165, 1.54) is 0 Å². The van der Waals surface area contributed by atoms with Crippen molar-refractivity contribution in [2.24, 2.45) is 0 Å². The van der Waals surface area contributed by atoms with Crippen molar-refractivity contribution in [3.63, 3.8) is 0 Å². The molecule has 8 heteroatoms. The molecule has 1 aromatic rings. The first-order chi connectivity index (χ1) is 14.2. The van der Waals surface area contributed by atoms with Crippen molar-refractivity contribution in [1.29, 1.82) is 0 Å². The number of nitrogens with zero attached hydrogens (tertiary/aromatic N) is 2. The number of ether oxygens (including phenoxy) is 1. The van der Waals surface area contributed by atoms with Crippen LogP contribution in [0.15, 0.2) is 22.7 Å². The number of aliphatic hydroxyl groups is 1. The van der Waals surface area contributed by atoms with Crippen molar-refractivity contribution in [1.82, 2.24) is 9.80 Å². The number of amides is 1. The van der Waals surface area contributed by atoms with Crippen LogP contribution in [0.3, 0.4) is 0 Å². The Balaban J connectivity index is 1.69. The monoisotopic (exact) mass is 512 g/mol. The lowest BCUT2D eigenvalue weighted by molar-refractivity contribution is -0.150. The highest BCUT2D eigenvalue weighted by molar-refractivity contribution is 9.10. The first-order valence-electron chi connectivity index (χ1n) is 11.1. The molecule has 1 fully saturated rings. The highest BCUT2D eigenvalue weighted by Crippen LogP contribution is 2.44. The molecule has 0 saturated carbocycles. The lowest BCUT2D eigenvalue weighted by atomic mass is 9.85.